The first-order valence-electron chi connectivity index (χ1n) is 7.38. The lowest BCUT2D eigenvalue weighted by atomic mass is 10.1. The monoisotopic (exact) mass is 279 g/mol. The van der Waals surface area contributed by atoms with E-state index >= 15 is 0 Å². The van der Waals surface area contributed by atoms with Crippen LogP contribution in [0.25, 0.3) is 0 Å². The van der Waals surface area contributed by atoms with Crippen LogP contribution in [0, 0.1) is 0 Å². The number of carbonyl (C=O) groups is 1. The summed E-state index contributed by atoms with van der Waals surface area (Å²) in [6, 6.07) is -0.173. The highest BCUT2D eigenvalue weighted by Gasteiger charge is 2.27. The van der Waals surface area contributed by atoms with Gasteiger partial charge in [0.05, 0.1) is 11.7 Å². The average molecular weight is 279 g/mol. The summed E-state index contributed by atoms with van der Waals surface area (Å²) in [4.78, 5) is 19.8. The SMILES string of the molecule is CCC1CCc2[nH]c([C@H](C)NC(=O)OC(C)(C)C)nc21. The molecule has 0 spiro atoms. The lowest BCUT2D eigenvalue weighted by molar-refractivity contribution is 0.0506. The number of imidazole rings is 1. The fraction of sp³-hybridized carbons (Fsp3) is 0.733. The minimum Gasteiger partial charge on any atom is -0.444 e. The molecule has 1 aliphatic rings. The molecule has 1 aliphatic carbocycles. The number of H-pyrrole nitrogens is 1. The largest absolute Gasteiger partial charge is 0.444 e. The highest BCUT2D eigenvalue weighted by Crippen LogP contribution is 2.34. The Hall–Kier alpha value is -1.52. The number of amides is 1. The minimum atomic E-state index is -0.484. The molecule has 5 heteroatoms. The summed E-state index contributed by atoms with van der Waals surface area (Å²) in [6.45, 7) is 9.66. The molecule has 0 bridgehead atoms. The maximum Gasteiger partial charge on any atom is 0.408 e. The Morgan fingerprint density at radius 3 is 2.85 bits per heavy atom. The molecule has 1 aromatic rings. The van der Waals surface area contributed by atoms with Crippen LogP contribution < -0.4 is 5.32 Å². The van der Waals surface area contributed by atoms with Crippen LogP contribution in [0.5, 0.6) is 0 Å². The van der Waals surface area contributed by atoms with Crippen molar-refractivity contribution in [2.75, 3.05) is 0 Å². The van der Waals surface area contributed by atoms with E-state index in [0.29, 0.717) is 5.92 Å². The zero-order chi connectivity index (χ0) is 14.9. The van der Waals surface area contributed by atoms with E-state index in [1.165, 1.54) is 17.8 Å². The summed E-state index contributed by atoms with van der Waals surface area (Å²) in [5.74, 6) is 1.38. The molecule has 0 fully saturated rings. The first-order chi connectivity index (χ1) is 9.30. The molecule has 0 aromatic carbocycles. The fourth-order valence-electron chi connectivity index (χ4n) is 2.58. The van der Waals surface area contributed by atoms with Gasteiger partial charge < -0.3 is 15.0 Å². The molecule has 0 saturated heterocycles. The third-order valence-electron chi connectivity index (χ3n) is 3.59. The van der Waals surface area contributed by atoms with E-state index in [1.807, 2.05) is 27.7 Å². The molecule has 20 heavy (non-hydrogen) atoms. The lowest BCUT2D eigenvalue weighted by Gasteiger charge is -2.21. The second-order valence-corrected chi connectivity index (χ2v) is 6.50. The van der Waals surface area contributed by atoms with Crippen molar-refractivity contribution in [1.82, 2.24) is 15.3 Å². The van der Waals surface area contributed by atoms with Crippen molar-refractivity contribution in [3.8, 4) is 0 Å². The van der Waals surface area contributed by atoms with E-state index in [2.05, 4.69) is 22.2 Å². The Morgan fingerprint density at radius 2 is 2.25 bits per heavy atom. The van der Waals surface area contributed by atoms with Gasteiger partial charge >= 0.3 is 6.09 Å². The van der Waals surface area contributed by atoms with Gasteiger partial charge in [-0.1, -0.05) is 6.92 Å². The topological polar surface area (TPSA) is 67.0 Å². The van der Waals surface area contributed by atoms with Crippen molar-refractivity contribution >= 4 is 6.09 Å². The van der Waals surface area contributed by atoms with Gasteiger partial charge in [0, 0.05) is 11.6 Å². The van der Waals surface area contributed by atoms with Gasteiger partial charge in [0.25, 0.3) is 0 Å². The number of hydrogen-bond acceptors (Lipinski definition) is 3. The number of aryl methyl sites for hydroxylation is 1. The molecule has 0 aliphatic heterocycles. The van der Waals surface area contributed by atoms with Gasteiger partial charge in [0.2, 0.25) is 0 Å². The average Bonchev–Trinajstić information content (AvgIpc) is 2.84. The van der Waals surface area contributed by atoms with Crippen molar-refractivity contribution in [3.05, 3.63) is 17.2 Å². The van der Waals surface area contributed by atoms with E-state index in [9.17, 15) is 4.79 Å². The zero-order valence-corrected chi connectivity index (χ0v) is 13.0. The number of hydrogen-bond donors (Lipinski definition) is 2. The lowest BCUT2D eigenvalue weighted by Crippen LogP contribution is -2.34. The van der Waals surface area contributed by atoms with Crippen LogP contribution in [-0.2, 0) is 11.2 Å². The van der Waals surface area contributed by atoms with Gasteiger partial charge in [-0.05, 0) is 47.0 Å². The number of nitrogens with zero attached hydrogens (tertiary/aromatic N) is 1. The van der Waals surface area contributed by atoms with Gasteiger partial charge in [0.1, 0.15) is 11.4 Å². The van der Waals surface area contributed by atoms with Gasteiger partial charge in [-0.2, -0.15) is 0 Å². The van der Waals surface area contributed by atoms with Crippen molar-refractivity contribution in [3.63, 3.8) is 0 Å². The summed E-state index contributed by atoms with van der Waals surface area (Å²) < 4.78 is 5.26. The Morgan fingerprint density at radius 1 is 1.55 bits per heavy atom. The highest BCUT2D eigenvalue weighted by molar-refractivity contribution is 5.68. The standard InChI is InChI=1S/C15H25N3O2/c1-6-10-7-8-11-12(10)18-13(17-11)9(2)16-14(19)20-15(3,4)5/h9-10H,6-8H2,1-5H3,(H,16,19)(H,17,18)/t9-,10?/m0/s1. The summed E-state index contributed by atoms with van der Waals surface area (Å²) >= 11 is 0. The van der Waals surface area contributed by atoms with Crippen molar-refractivity contribution in [2.45, 2.75) is 71.4 Å². The van der Waals surface area contributed by atoms with E-state index in [0.717, 1.165) is 18.7 Å². The molecule has 112 valence electrons. The van der Waals surface area contributed by atoms with E-state index in [-0.39, 0.29) is 6.04 Å². The van der Waals surface area contributed by atoms with Gasteiger partial charge in [0.15, 0.2) is 0 Å². The van der Waals surface area contributed by atoms with E-state index in [1.54, 1.807) is 0 Å². The Balaban J connectivity index is 2.00. The maximum absolute atomic E-state index is 11.8. The van der Waals surface area contributed by atoms with Crippen LogP contribution in [0.4, 0.5) is 4.79 Å². The molecule has 2 rings (SSSR count). The van der Waals surface area contributed by atoms with Crippen molar-refractivity contribution in [1.29, 1.82) is 0 Å². The molecule has 1 aromatic heterocycles. The number of alkyl carbamates (subject to hydrolysis) is 1. The quantitative estimate of drug-likeness (QED) is 0.890. The molecular weight excluding hydrogens is 254 g/mol. The van der Waals surface area contributed by atoms with Crippen LogP contribution in [0.1, 0.15) is 76.6 Å². The highest BCUT2D eigenvalue weighted by atomic mass is 16.6. The first-order valence-corrected chi connectivity index (χ1v) is 7.38. The minimum absolute atomic E-state index is 0.173. The molecule has 2 atom stereocenters. The van der Waals surface area contributed by atoms with Gasteiger partial charge in [-0.15, -0.1) is 0 Å². The molecule has 5 nitrogen and oxygen atoms in total. The number of fused-ring (bicyclic) bond motifs is 1. The van der Waals surface area contributed by atoms with Crippen LogP contribution >= 0.6 is 0 Å². The number of ether oxygens (including phenoxy) is 1. The van der Waals surface area contributed by atoms with Crippen molar-refractivity contribution < 1.29 is 9.53 Å². The molecule has 2 N–H and O–H groups in total. The summed E-state index contributed by atoms with van der Waals surface area (Å²) in [6.07, 6.45) is 2.94. The van der Waals surface area contributed by atoms with E-state index in [4.69, 9.17) is 4.74 Å². The van der Waals surface area contributed by atoms with Crippen LogP contribution in [0.3, 0.4) is 0 Å². The molecule has 1 heterocycles. The smallest absolute Gasteiger partial charge is 0.408 e. The normalized spacial score (nSPS) is 19.6. The molecule has 1 amide bonds. The summed E-state index contributed by atoms with van der Waals surface area (Å²) in [5, 5.41) is 2.82. The predicted octanol–water partition coefficient (Wildman–Crippen LogP) is 3.44. The van der Waals surface area contributed by atoms with Gasteiger partial charge in [-0.3, -0.25) is 0 Å². The summed E-state index contributed by atoms with van der Waals surface area (Å²) in [5.41, 5.74) is 1.92. The summed E-state index contributed by atoms with van der Waals surface area (Å²) in [7, 11) is 0. The molecular formula is C15H25N3O2. The maximum atomic E-state index is 11.8. The Bertz CT molecular complexity index is 488. The Labute approximate surface area is 120 Å². The number of aromatic nitrogens is 2. The third-order valence-corrected chi connectivity index (χ3v) is 3.59. The van der Waals surface area contributed by atoms with Crippen LogP contribution in [0.15, 0.2) is 0 Å². The van der Waals surface area contributed by atoms with E-state index < -0.39 is 11.7 Å². The predicted molar refractivity (Wildman–Crippen MR) is 77.7 cm³/mol. The Kier molecular flexibility index (Phi) is 4.06. The molecule has 0 saturated carbocycles. The second-order valence-electron chi connectivity index (χ2n) is 6.50. The first kappa shape index (κ1) is 14.9. The number of nitrogens with one attached hydrogen (secondary N) is 2. The van der Waals surface area contributed by atoms with Crippen LogP contribution in [-0.4, -0.2) is 21.7 Å². The number of rotatable bonds is 3. The molecule has 0 radical (unpaired) electrons. The number of aromatic amines is 1. The van der Waals surface area contributed by atoms with Crippen LogP contribution in [0.2, 0.25) is 0 Å². The fourth-order valence-corrected chi connectivity index (χ4v) is 2.58. The number of carbonyl (C=O) groups excluding carboxylic acids is 1. The van der Waals surface area contributed by atoms with Crippen molar-refractivity contribution in [2.24, 2.45) is 0 Å². The third kappa shape index (κ3) is 3.32. The van der Waals surface area contributed by atoms with Gasteiger partial charge in [-0.25, -0.2) is 9.78 Å². The molecule has 1 unspecified atom stereocenters. The zero-order valence-electron chi connectivity index (χ0n) is 13.0. The second kappa shape index (κ2) is 5.46.